The standard InChI is InChI=1S/C14H30N2O2/c1-4-15-7-5-8-16(11-10-15)9-6-14(2)18-13-12-17-3/h14H,4-13H2,1-3H3. The SMILES string of the molecule is CCN1CCCN(CCC(C)OCCOC)CC1. The third-order valence-corrected chi connectivity index (χ3v) is 3.67. The number of nitrogens with zero attached hydrogens (tertiary/aromatic N) is 2. The van der Waals surface area contributed by atoms with Crippen LogP contribution in [-0.4, -0.2) is 75.5 Å². The molecule has 1 unspecified atom stereocenters. The summed E-state index contributed by atoms with van der Waals surface area (Å²) in [6.07, 6.45) is 2.76. The maximum atomic E-state index is 5.68. The van der Waals surface area contributed by atoms with Gasteiger partial charge >= 0.3 is 0 Å². The van der Waals surface area contributed by atoms with Crippen LogP contribution in [0, 0.1) is 0 Å². The zero-order valence-electron chi connectivity index (χ0n) is 12.4. The highest BCUT2D eigenvalue weighted by Crippen LogP contribution is 2.06. The molecule has 0 bridgehead atoms. The van der Waals surface area contributed by atoms with Crippen LogP contribution in [0.1, 0.15) is 26.7 Å². The maximum Gasteiger partial charge on any atom is 0.0703 e. The zero-order valence-corrected chi connectivity index (χ0v) is 12.4. The molecule has 0 amide bonds. The summed E-state index contributed by atoms with van der Waals surface area (Å²) in [7, 11) is 1.71. The van der Waals surface area contributed by atoms with E-state index in [0.29, 0.717) is 19.3 Å². The van der Waals surface area contributed by atoms with Crippen LogP contribution in [-0.2, 0) is 9.47 Å². The smallest absolute Gasteiger partial charge is 0.0703 e. The van der Waals surface area contributed by atoms with Crippen molar-refractivity contribution in [3.05, 3.63) is 0 Å². The van der Waals surface area contributed by atoms with Gasteiger partial charge in [-0.25, -0.2) is 0 Å². The Bertz CT molecular complexity index is 202. The van der Waals surface area contributed by atoms with Gasteiger partial charge in [0.1, 0.15) is 0 Å². The molecule has 1 aliphatic rings. The van der Waals surface area contributed by atoms with Gasteiger partial charge in [0.05, 0.1) is 19.3 Å². The van der Waals surface area contributed by atoms with Crippen molar-refractivity contribution in [1.82, 2.24) is 9.80 Å². The quantitative estimate of drug-likeness (QED) is 0.615. The fourth-order valence-electron chi connectivity index (χ4n) is 2.34. The van der Waals surface area contributed by atoms with Crippen LogP contribution in [0.3, 0.4) is 0 Å². The van der Waals surface area contributed by atoms with Gasteiger partial charge in [0.15, 0.2) is 0 Å². The van der Waals surface area contributed by atoms with Crippen LogP contribution in [0.4, 0.5) is 0 Å². The molecule has 1 saturated heterocycles. The lowest BCUT2D eigenvalue weighted by molar-refractivity contribution is 0.0181. The monoisotopic (exact) mass is 258 g/mol. The number of hydrogen-bond donors (Lipinski definition) is 0. The van der Waals surface area contributed by atoms with E-state index in [9.17, 15) is 0 Å². The molecule has 1 heterocycles. The Kier molecular flexibility index (Phi) is 8.59. The highest BCUT2D eigenvalue weighted by molar-refractivity contribution is 4.69. The molecule has 108 valence electrons. The van der Waals surface area contributed by atoms with E-state index in [2.05, 4.69) is 23.6 Å². The Morgan fingerprint density at radius 1 is 1.06 bits per heavy atom. The summed E-state index contributed by atoms with van der Waals surface area (Å²) in [5.74, 6) is 0. The minimum atomic E-state index is 0.339. The molecule has 4 heteroatoms. The largest absolute Gasteiger partial charge is 0.382 e. The molecule has 0 N–H and O–H groups in total. The molecule has 0 aliphatic carbocycles. The topological polar surface area (TPSA) is 24.9 Å². The van der Waals surface area contributed by atoms with Crippen LogP contribution in [0.2, 0.25) is 0 Å². The third-order valence-electron chi connectivity index (χ3n) is 3.67. The molecule has 1 aliphatic heterocycles. The normalized spacial score (nSPS) is 20.8. The molecule has 1 rings (SSSR count). The van der Waals surface area contributed by atoms with Crippen molar-refractivity contribution in [2.75, 3.05) is 59.6 Å². The fraction of sp³-hybridized carbons (Fsp3) is 1.00. The van der Waals surface area contributed by atoms with Crippen LogP contribution < -0.4 is 0 Å². The summed E-state index contributed by atoms with van der Waals surface area (Å²) in [6, 6.07) is 0. The van der Waals surface area contributed by atoms with E-state index >= 15 is 0 Å². The molecule has 4 nitrogen and oxygen atoms in total. The second kappa shape index (κ2) is 9.73. The highest BCUT2D eigenvalue weighted by Gasteiger charge is 2.14. The maximum absolute atomic E-state index is 5.68. The Morgan fingerprint density at radius 2 is 1.78 bits per heavy atom. The van der Waals surface area contributed by atoms with Gasteiger partial charge < -0.3 is 19.3 Å². The van der Waals surface area contributed by atoms with Gasteiger partial charge in [-0.15, -0.1) is 0 Å². The minimum Gasteiger partial charge on any atom is -0.382 e. The first-order chi connectivity index (χ1) is 8.76. The van der Waals surface area contributed by atoms with Crippen molar-refractivity contribution >= 4 is 0 Å². The van der Waals surface area contributed by atoms with Gasteiger partial charge in [-0.05, 0) is 39.4 Å². The molecular weight excluding hydrogens is 228 g/mol. The number of ether oxygens (including phenoxy) is 2. The van der Waals surface area contributed by atoms with Gasteiger partial charge in [-0.3, -0.25) is 0 Å². The van der Waals surface area contributed by atoms with Crippen LogP contribution in [0.25, 0.3) is 0 Å². The van der Waals surface area contributed by atoms with Crippen molar-refractivity contribution in [2.45, 2.75) is 32.8 Å². The zero-order chi connectivity index (χ0) is 13.2. The first kappa shape index (κ1) is 15.9. The van der Waals surface area contributed by atoms with E-state index in [1.165, 1.54) is 39.1 Å². The average Bonchev–Trinajstić information content (AvgIpc) is 2.61. The van der Waals surface area contributed by atoms with Gasteiger partial charge in [0.25, 0.3) is 0 Å². The van der Waals surface area contributed by atoms with Gasteiger partial charge in [-0.2, -0.15) is 0 Å². The lowest BCUT2D eigenvalue weighted by Crippen LogP contribution is -2.32. The molecule has 0 aromatic heterocycles. The third kappa shape index (κ3) is 6.69. The highest BCUT2D eigenvalue weighted by atomic mass is 16.5. The Balaban J connectivity index is 2.10. The Hall–Kier alpha value is -0.160. The fourth-order valence-corrected chi connectivity index (χ4v) is 2.34. The van der Waals surface area contributed by atoms with Gasteiger partial charge in [-0.1, -0.05) is 6.92 Å². The number of rotatable bonds is 8. The number of methoxy groups -OCH3 is 1. The molecule has 0 radical (unpaired) electrons. The van der Waals surface area contributed by atoms with E-state index in [1.54, 1.807) is 7.11 Å². The molecule has 1 atom stereocenters. The van der Waals surface area contributed by atoms with Crippen molar-refractivity contribution in [3.63, 3.8) is 0 Å². The minimum absolute atomic E-state index is 0.339. The molecule has 1 fully saturated rings. The summed E-state index contributed by atoms with van der Waals surface area (Å²) >= 11 is 0. The van der Waals surface area contributed by atoms with Crippen LogP contribution in [0.15, 0.2) is 0 Å². The first-order valence-corrected chi connectivity index (χ1v) is 7.31. The second-order valence-corrected chi connectivity index (χ2v) is 5.09. The molecule has 0 saturated carbocycles. The van der Waals surface area contributed by atoms with Crippen LogP contribution in [0.5, 0.6) is 0 Å². The van der Waals surface area contributed by atoms with Crippen LogP contribution >= 0.6 is 0 Å². The predicted molar refractivity (Wildman–Crippen MR) is 75.1 cm³/mol. The summed E-state index contributed by atoms with van der Waals surface area (Å²) in [5, 5.41) is 0. The average molecular weight is 258 g/mol. The van der Waals surface area contributed by atoms with E-state index in [0.717, 1.165) is 13.0 Å². The second-order valence-electron chi connectivity index (χ2n) is 5.09. The van der Waals surface area contributed by atoms with Crippen molar-refractivity contribution < 1.29 is 9.47 Å². The summed E-state index contributed by atoms with van der Waals surface area (Å²) in [5.41, 5.74) is 0. The van der Waals surface area contributed by atoms with Crippen molar-refractivity contribution in [3.8, 4) is 0 Å². The van der Waals surface area contributed by atoms with E-state index in [-0.39, 0.29) is 0 Å². The predicted octanol–water partition coefficient (Wildman–Crippen LogP) is 1.46. The lowest BCUT2D eigenvalue weighted by Gasteiger charge is -2.22. The summed E-state index contributed by atoms with van der Waals surface area (Å²) < 4.78 is 10.7. The van der Waals surface area contributed by atoms with Gasteiger partial charge in [0, 0.05) is 26.7 Å². The number of likely N-dealkylation sites (N-methyl/N-ethyl adjacent to an activating group) is 1. The molecule has 18 heavy (non-hydrogen) atoms. The Labute approximate surface area is 112 Å². The van der Waals surface area contributed by atoms with Crippen molar-refractivity contribution in [1.29, 1.82) is 0 Å². The van der Waals surface area contributed by atoms with E-state index in [4.69, 9.17) is 9.47 Å². The summed E-state index contributed by atoms with van der Waals surface area (Å²) in [4.78, 5) is 5.12. The summed E-state index contributed by atoms with van der Waals surface area (Å²) in [6.45, 7) is 13.1. The molecule has 0 spiro atoms. The molecule has 0 aromatic rings. The van der Waals surface area contributed by atoms with Gasteiger partial charge in [0.2, 0.25) is 0 Å². The first-order valence-electron chi connectivity index (χ1n) is 7.31. The number of hydrogen-bond acceptors (Lipinski definition) is 4. The lowest BCUT2D eigenvalue weighted by atomic mass is 10.2. The molecule has 0 aromatic carbocycles. The van der Waals surface area contributed by atoms with E-state index in [1.807, 2.05) is 0 Å². The van der Waals surface area contributed by atoms with Crippen molar-refractivity contribution in [2.24, 2.45) is 0 Å². The van der Waals surface area contributed by atoms with E-state index < -0.39 is 0 Å². The Morgan fingerprint density at radius 3 is 2.50 bits per heavy atom. The molecular formula is C14H30N2O2.